The topological polar surface area (TPSA) is 41.9 Å². The second-order valence-corrected chi connectivity index (χ2v) is 6.43. The number of hydrogen-bond donors (Lipinski definition) is 1. The van der Waals surface area contributed by atoms with Gasteiger partial charge in [0.1, 0.15) is 23.8 Å². The minimum absolute atomic E-state index is 0.155. The quantitative estimate of drug-likeness (QED) is 0.926. The fourth-order valence-electron chi connectivity index (χ4n) is 3.36. The van der Waals surface area contributed by atoms with Crippen molar-refractivity contribution in [1.82, 2.24) is 4.90 Å². The normalized spacial score (nSPS) is 27.7. The lowest BCUT2D eigenvalue weighted by atomic mass is 10.0. The summed E-state index contributed by atoms with van der Waals surface area (Å²) in [5, 5.41) is 10.8. The molecule has 2 fully saturated rings. The average molecular weight is 309 g/mol. The van der Waals surface area contributed by atoms with E-state index in [1.807, 2.05) is 0 Å². The van der Waals surface area contributed by atoms with Crippen molar-refractivity contribution in [2.75, 3.05) is 32.9 Å². The van der Waals surface area contributed by atoms with Crippen molar-refractivity contribution in [1.29, 1.82) is 0 Å². The Hall–Kier alpha value is -1.17. The minimum Gasteiger partial charge on any atom is -0.490 e. The molecule has 3 rings (SSSR count). The third kappa shape index (κ3) is 3.97. The number of halogens is 1. The first kappa shape index (κ1) is 15.7. The molecule has 1 unspecified atom stereocenters. The van der Waals surface area contributed by atoms with Crippen LogP contribution in [0.5, 0.6) is 5.75 Å². The Morgan fingerprint density at radius 2 is 2.00 bits per heavy atom. The molecule has 1 saturated carbocycles. The predicted octanol–water partition coefficient (Wildman–Crippen LogP) is 2.21. The van der Waals surface area contributed by atoms with Crippen LogP contribution in [0.15, 0.2) is 24.3 Å². The van der Waals surface area contributed by atoms with Gasteiger partial charge in [0.2, 0.25) is 0 Å². The van der Waals surface area contributed by atoms with E-state index in [-0.39, 0.29) is 19.0 Å². The van der Waals surface area contributed by atoms with Gasteiger partial charge in [-0.3, -0.25) is 4.90 Å². The molecule has 1 saturated heterocycles. The van der Waals surface area contributed by atoms with E-state index >= 15 is 0 Å². The summed E-state index contributed by atoms with van der Waals surface area (Å²) >= 11 is 0. The monoisotopic (exact) mass is 309 g/mol. The van der Waals surface area contributed by atoms with Crippen LogP contribution in [0, 0.1) is 5.82 Å². The molecular formula is C17H24FNO3. The van der Waals surface area contributed by atoms with Gasteiger partial charge in [0.15, 0.2) is 0 Å². The van der Waals surface area contributed by atoms with E-state index in [4.69, 9.17) is 9.47 Å². The van der Waals surface area contributed by atoms with Gasteiger partial charge in [-0.15, -0.1) is 0 Å². The maximum atomic E-state index is 12.9. The molecule has 5 heteroatoms. The first-order valence-corrected chi connectivity index (χ1v) is 8.07. The van der Waals surface area contributed by atoms with Crippen LogP contribution in [-0.4, -0.2) is 54.6 Å². The van der Waals surface area contributed by atoms with Crippen LogP contribution in [0.1, 0.15) is 25.7 Å². The lowest BCUT2D eigenvalue weighted by Gasteiger charge is -2.33. The van der Waals surface area contributed by atoms with Gasteiger partial charge < -0.3 is 14.6 Å². The molecule has 1 aromatic carbocycles. The van der Waals surface area contributed by atoms with Crippen molar-refractivity contribution < 1.29 is 19.0 Å². The van der Waals surface area contributed by atoms with Crippen LogP contribution in [-0.2, 0) is 4.74 Å². The van der Waals surface area contributed by atoms with Crippen LogP contribution in [0.2, 0.25) is 0 Å². The molecule has 1 N–H and O–H groups in total. The predicted molar refractivity (Wildman–Crippen MR) is 81.5 cm³/mol. The molecule has 1 aromatic rings. The highest BCUT2D eigenvalue weighted by Crippen LogP contribution is 2.26. The van der Waals surface area contributed by atoms with E-state index in [1.54, 1.807) is 12.1 Å². The van der Waals surface area contributed by atoms with E-state index in [1.165, 1.54) is 37.8 Å². The number of ether oxygens (including phenoxy) is 2. The molecule has 122 valence electrons. The van der Waals surface area contributed by atoms with Gasteiger partial charge in [-0.05, 0) is 37.1 Å². The van der Waals surface area contributed by atoms with Gasteiger partial charge >= 0.3 is 0 Å². The van der Waals surface area contributed by atoms with Crippen molar-refractivity contribution in [3.05, 3.63) is 30.1 Å². The summed E-state index contributed by atoms with van der Waals surface area (Å²) < 4.78 is 24.1. The zero-order valence-electron chi connectivity index (χ0n) is 12.8. The van der Waals surface area contributed by atoms with Crippen molar-refractivity contribution in [2.24, 2.45) is 0 Å². The molecule has 0 bridgehead atoms. The molecule has 2 aliphatic rings. The van der Waals surface area contributed by atoms with Gasteiger partial charge in [0.25, 0.3) is 0 Å². The molecule has 0 radical (unpaired) electrons. The van der Waals surface area contributed by atoms with Crippen LogP contribution in [0.3, 0.4) is 0 Å². The summed E-state index contributed by atoms with van der Waals surface area (Å²) in [7, 11) is 0. The smallest absolute Gasteiger partial charge is 0.134 e. The summed E-state index contributed by atoms with van der Waals surface area (Å²) in [6.07, 6.45) is 4.95. The van der Waals surface area contributed by atoms with Gasteiger partial charge in [-0.2, -0.15) is 0 Å². The van der Waals surface area contributed by atoms with Crippen LogP contribution in [0.25, 0.3) is 0 Å². The number of hydrogen-bond acceptors (Lipinski definition) is 4. The number of aliphatic hydroxyl groups is 1. The van der Waals surface area contributed by atoms with Crippen molar-refractivity contribution in [2.45, 2.75) is 37.3 Å². The molecule has 0 spiro atoms. The van der Waals surface area contributed by atoms with Gasteiger partial charge in [0, 0.05) is 19.1 Å². The van der Waals surface area contributed by atoms with Crippen molar-refractivity contribution >= 4 is 0 Å². The van der Waals surface area contributed by atoms with E-state index in [9.17, 15) is 9.50 Å². The number of β-amino-alcohol motifs (C(OH)–C–C–N with tert-alkyl or cyclic N) is 1. The maximum absolute atomic E-state index is 12.9. The van der Waals surface area contributed by atoms with E-state index < -0.39 is 5.60 Å². The summed E-state index contributed by atoms with van der Waals surface area (Å²) in [5.74, 6) is 0.266. The fourth-order valence-corrected chi connectivity index (χ4v) is 3.36. The standard InChI is InChI=1S/C17H24FNO3/c18-14-5-7-16(8-6-14)22-13-17(20)11-19(9-10-21-12-17)15-3-1-2-4-15/h5-8,15,20H,1-4,9-13H2. The molecule has 1 aliphatic heterocycles. The second kappa shape index (κ2) is 6.94. The molecule has 1 aliphatic carbocycles. The lowest BCUT2D eigenvalue weighted by Crippen LogP contribution is -2.51. The number of nitrogens with zero attached hydrogens (tertiary/aromatic N) is 1. The second-order valence-electron chi connectivity index (χ2n) is 6.43. The Kier molecular flexibility index (Phi) is 4.96. The Morgan fingerprint density at radius 3 is 2.73 bits per heavy atom. The molecule has 22 heavy (non-hydrogen) atoms. The number of rotatable bonds is 4. The van der Waals surface area contributed by atoms with E-state index in [0.29, 0.717) is 24.9 Å². The minimum atomic E-state index is -1.02. The summed E-state index contributed by atoms with van der Waals surface area (Å²) in [6.45, 7) is 2.51. The highest BCUT2D eigenvalue weighted by molar-refractivity contribution is 5.22. The molecular weight excluding hydrogens is 285 g/mol. The van der Waals surface area contributed by atoms with Gasteiger partial charge in [0.05, 0.1) is 13.2 Å². The first-order chi connectivity index (χ1) is 10.6. The Labute approximate surface area is 130 Å². The Morgan fingerprint density at radius 1 is 1.27 bits per heavy atom. The lowest BCUT2D eigenvalue weighted by molar-refractivity contribution is -0.0669. The highest BCUT2D eigenvalue weighted by atomic mass is 19.1. The Balaban J connectivity index is 1.60. The highest BCUT2D eigenvalue weighted by Gasteiger charge is 2.36. The zero-order valence-corrected chi connectivity index (χ0v) is 12.8. The SMILES string of the molecule is OC1(COc2ccc(F)cc2)COCCN(C2CCCC2)C1. The Bertz CT molecular complexity index is 475. The number of benzene rings is 1. The molecule has 1 heterocycles. The largest absolute Gasteiger partial charge is 0.490 e. The van der Waals surface area contributed by atoms with Crippen LogP contribution in [0.4, 0.5) is 4.39 Å². The average Bonchev–Trinajstić information content (AvgIpc) is 2.98. The van der Waals surface area contributed by atoms with Gasteiger partial charge in [-0.25, -0.2) is 4.39 Å². The van der Waals surface area contributed by atoms with E-state index in [2.05, 4.69) is 4.90 Å². The van der Waals surface area contributed by atoms with Crippen molar-refractivity contribution in [3.63, 3.8) is 0 Å². The van der Waals surface area contributed by atoms with Crippen molar-refractivity contribution in [3.8, 4) is 5.75 Å². The third-order valence-corrected chi connectivity index (χ3v) is 4.55. The van der Waals surface area contributed by atoms with E-state index in [0.717, 1.165) is 6.54 Å². The summed E-state index contributed by atoms with van der Waals surface area (Å²) in [5.41, 5.74) is -1.02. The third-order valence-electron chi connectivity index (χ3n) is 4.55. The first-order valence-electron chi connectivity index (χ1n) is 8.07. The molecule has 0 aromatic heterocycles. The molecule has 0 amide bonds. The molecule has 4 nitrogen and oxygen atoms in total. The fraction of sp³-hybridized carbons (Fsp3) is 0.647. The maximum Gasteiger partial charge on any atom is 0.134 e. The molecule has 1 atom stereocenters. The van der Waals surface area contributed by atoms with Crippen LogP contribution >= 0.6 is 0 Å². The van der Waals surface area contributed by atoms with Crippen LogP contribution < -0.4 is 4.74 Å². The summed E-state index contributed by atoms with van der Waals surface area (Å²) in [6, 6.07) is 6.41. The summed E-state index contributed by atoms with van der Waals surface area (Å²) in [4.78, 5) is 2.34. The van der Waals surface area contributed by atoms with Gasteiger partial charge in [-0.1, -0.05) is 12.8 Å². The zero-order chi connectivity index (χ0) is 15.4.